The fraction of sp³-hybridized carbons (Fsp3) is 0.556. The average Bonchev–Trinajstić information content (AvgIpc) is 2.89. The second kappa shape index (κ2) is 3.32. The van der Waals surface area contributed by atoms with Crippen LogP contribution in [0.2, 0.25) is 0 Å². The number of aromatic nitrogens is 2. The van der Waals surface area contributed by atoms with E-state index in [1.807, 2.05) is 0 Å². The molecule has 1 saturated carbocycles. The largest absolute Gasteiger partial charge is 0.492 e. The average molecular weight is 196 g/mol. The Balaban J connectivity index is 2.22. The second-order valence-corrected chi connectivity index (χ2v) is 3.50. The Kier molecular flexibility index (Phi) is 2.15. The van der Waals surface area contributed by atoms with E-state index in [0.29, 0.717) is 18.2 Å². The van der Waals surface area contributed by atoms with E-state index in [1.54, 1.807) is 0 Å². The van der Waals surface area contributed by atoms with E-state index in [0.717, 1.165) is 0 Å². The highest BCUT2D eigenvalue weighted by Crippen LogP contribution is 2.31. The van der Waals surface area contributed by atoms with Gasteiger partial charge in [-0.25, -0.2) is 4.79 Å². The van der Waals surface area contributed by atoms with Crippen LogP contribution in [0.15, 0.2) is 6.07 Å². The van der Waals surface area contributed by atoms with E-state index >= 15 is 0 Å². The van der Waals surface area contributed by atoms with E-state index < -0.39 is 5.97 Å². The zero-order valence-corrected chi connectivity index (χ0v) is 7.93. The van der Waals surface area contributed by atoms with Gasteiger partial charge in [0.15, 0.2) is 0 Å². The molecular formula is C9H12N2O3. The lowest BCUT2D eigenvalue weighted by molar-refractivity contribution is 0.0586. The van der Waals surface area contributed by atoms with Gasteiger partial charge in [-0.2, -0.15) is 0 Å². The Bertz CT molecular complexity index is 355. The van der Waals surface area contributed by atoms with E-state index in [-0.39, 0.29) is 5.88 Å². The molecule has 0 saturated heterocycles. The number of rotatable bonds is 3. The molecule has 2 rings (SSSR count). The zero-order valence-electron chi connectivity index (χ0n) is 7.93. The molecule has 0 bridgehead atoms. The first-order chi connectivity index (χ1) is 6.70. The Hall–Kier alpha value is -1.52. The lowest BCUT2D eigenvalue weighted by Crippen LogP contribution is -2.12. The van der Waals surface area contributed by atoms with Crippen LogP contribution >= 0.6 is 0 Å². The van der Waals surface area contributed by atoms with Crippen LogP contribution in [-0.2, 0) is 11.3 Å². The fourth-order valence-electron chi connectivity index (χ4n) is 1.36. The molecule has 14 heavy (non-hydrogen) atoms. The molecule has 5 heteroatoms. The number of carbonyl (C=O) groups is 1. The summed E-state index contributed by atoms with van der Waals surface area (Å²) in [5.41, 5.74) is 0.317. The van der Waals surface area contributed by atoms with Crippen molar-refractivity contribution in [3.63, 3.8) is 0 Å². The van der Waals surface area contributed by atoms with Gasteiger partial charge >= 0.3 is 5.97 Å². The summed E-state index contributed by atoms with van der Waals surface area (Å²) in [6.45, 7) is 0.686. The predicted octanol–water partition coefficient (Wildman–Crippen LogP) is 0.785. The van der Waals surface area contributed by atoms with Crippen LogP contribution in [0.3, 0.4) is 0 Å². The van der Waals surface area contributed by atoms with Gasteiger partial charge < -0.3 is 9.84 Å². The molecule has 1 aliphatic carbocycles. The number of hydrogen-bond donors (Lipinski definition) is 1. The third-order valence-electron chi connectivity index (χ3n) is 2.29. The zero-order chi connectivity index (χ0) is 10.1. The van der Waals surface area contributed by atoms with Gasteiger partial charge in [0.25, 0.3) is 0 Å². The first kappa shape index (κ1) is 9.05. The molecule has 76 valence electrons. The maximum absolute atomic E-state index is 11.3. The number of nitrogens with zero attached hydrogens (tertiary/aromatic N) is 2. The normalized spacial score (nSPS) is 15.5. The van der Waals surface area contributed by atoms with E-state index in [4.69, 9.17) is 0 Å². The van der Waals surface area contributed by atoms with E-state index in [1.165, 1.54) is 30.7 Å². The lowest BCUT2D eigenvalue weighted by atomic mass is 10.4. The Labute approximate surface area is 81.3 Å². The minimum Gasteiger partial charge on any atom is -0.492 e. The summed E-state index contributed by atoms with van der Waals surface area (Å²) in [5.74, 6) is 0.00204. The number of methoxy groups -OCH3 is 1. The van der Waals surface area contributed by atoms with Gasteiger partial charge in [0.05, 0.1) is 7.11 Å². The quantitative estimate of drug-likeness (QED) is 0.726. The van der Waals surface area contributed by atoms with Crippen molar-refractivity contribution >= 4 is 5.97 Å². The molecule has 0 amide bonds. The first-order valence-corrected chi connectivity index (χ1v) is 4.56. The molecule has 5 nitrogen and oxygen atoms in total. The summed E-state index contributed by atoms with van der Waals surface area (Å²) >= 11 is 0. The van der Waals surface area contributed by atoms with Crippen LogP contribution in [0.5, 0.6) is 5.88 Å². The van der Waals surface area contributed by atoms with Crippen molar-refractivity contribution in [2.24, 2.45) is 5.92 Å². The molecule has 1 heterocycles. The molecule has 1 aliphatic rings. The highest BCUT2D eigenvalue weighted by Gasteiger charge is 2.25. The summed E-state index contributed by atoms with van der Waals surface area (Å²) in [4.78, 5) is 11.3. The number of ether oxygens (including phenoxy) is 1. The maximum Gasteiger partial charge on any atom is 0.356 e. The van der Waals surface area contributed by atoms with Crippen molar-refractivity contribution < 1.29 is 14.6 Å². The first-order valence-electron chi connectivity index (χ1n) is 4.56. The smallest absolute Gasteiger partial charge is 0.356 e. The highest BCUT2D eigenvalue weighted by atomic mass is 16.5. The van der Waals surface area contributed by atoms with Crippen LogP contribution in [0.4, 0.5) is 0 Å². The Morgan fingerprint density at radius 2 is 2.50 bits per heavy atom. The number of aromatic hydroxyl groups is 1. The van der Waals surface area contributed by atoms with Gasteiger partial charge in [-0.05, 0) is 18.8 Å². The molecule has 0 aliphatic heterocycles. The predicted molar refractivity (Wildman–Crippen MR) is 48.0 cm³/mol. The van der Waals surface area contributed by atoms with Gasteiger partial charge in [-0.15, -0.1) is 5.10 Å². The van der Waals surface area contributed by atoms with Crippen LogP contribution in [-0.4, -0.2) is 28.0 Å². The topological polar surface area (TPSA) is 64.3 Å². The molecule has 0 aromatic carbocycles. The molecule has 1 N–H and O–H groups in total. The van der Waals surface area contributed by atoms with Gasteiger partial charge in [-0.3, -0.25) is 4.68 Å². The van der Waals surface area contributed by atoms with Crippen molar-refractivity contribution in [2.45, 2.75) is 19.4 Å². The summed E-state index contributed by atoms with van der Waals surface area (Å²) in [7, 11) is 1.31. The van der Waals surface area contributed by atoms with E-state index in [9.17, 15) is 9.90 Å². The summed E-state index contributed by atoms with van der Waals surface area (Å²) < 4.78 is 6.09. The van der Waals surface area contributed by atoms with Crippen molar-refractivity contribution in [3.05, 3.63) is 11.8 Å². The minimum atomic E-state index is -0.460. The molecule has 0 spiro atoms. The minimum absolute atomic E-state index is 0.133. The van der Waals surface area contributed by atoms with Crippen molar-refractivity contribution in [1.29, 1.82) is 0 Å². The molecule has 0 radical (unpaired) electrons. The number of carbonyl (C=O) groups excluding carboxylic acids is 1. The number of esters is 1. The highest BCUT2D eigenvalue weighted by molar-refractivity contribution is 5.87. The summed E-state index contributed by atoms with van der Waals surface area (Å²) in [6.07, 6.45) is 2.34. The third-order valence-corrected chi connectivity index (χ3v) is 2.29. The summed E-state index contributed by atoms with van der Waals surface area (Å²) in [5, 5.41) is 13.0. The Morgan fingerprint density at radius 3 is 3.07 bits per heavy atom. The van der Waals surface area contributed by atoms with Gasteiger partial charge in [0.2, 0.25) is 5.88 Å². The molecule has 0 atom stereocenters. The molecule has 1 aromatic heterocycles. The summed E-state index contributed by atoms with van der Waals surface area (Å²) in [6, 6.07) is 1.33. The van der Waals surface area contributed by atoms with Crippen molar-refractivity contribution in [1.82, 2.24) is 9.78 Å². The third kappa shape index (κ3) is 1.71. The van der Waals surface area contributed by atoms with Crippen LogP contribution in [0.1, 0.15) is 23.3 Å². The van der Waals surface area contributed by atoms with Crippen LogP contribution in [0.25, 0.3) is 0 Å². The van der Waals surface area contributed by atoms with E-state index in [2.05, 4.69) is 9.84 Å². The van der Waals surface area contributed by atoms with Crippen molar-refractivity contribution in [3.8, 4) is 5.88 Å². The van der Waals surface area contributed by atoms with Gasteiger partial charge in [0, 0.05) is 12.6 Å². The Morgan fingerprint density at radius 1 is 1.79 bits per heavy atom. The monoisotopic (exact) mass is 196 g/mol. The SMILES string of the molecule is COC(=O)c1cc(O)nn1CC1CC1. The molecule has 1 aromatic rings. The van der Waals surface area contributed by atoms with Crippen LogP contribution < -0.4 is 0 Å². The fourth-order valence-corrected chi connectivity index (χ4v) is 1.36. The van der Waals surface area contributed by atoms with Crippen molar-refractivity contribution in [2.75, 3.05) is 7.11 Å². The van der Waals surface area contributed by atoms with Gasteiger partial charge in [-0.1, -0.05) is 0 Å². The maximum atomic E-state index is 11.3. The van der Waals surface area contributed by atoms with Gasteiger partial charge in [0.1, 0.15) is 5.69 Å². The second-order valence-electron chi connectivity index (χ2n) is 3.50. The number of hydrogen-bond acceptors (Lipinski definition) is 4. The molecule has 1 fully saturated rings. The van der Waals surface area contributed by atoms with Crippen LogP contribution in [0, 0.1) is 5.92 Å². The molecular weight excluding hydrogens is 184 g/mol. The lowest BCUT2D eigenvalue weighted by Gasteiger charge is -2.03. The standard InChI is InChI=1S/C9H12N2O3/c1-14-9(13)7-4-8(12)10-11(7)5-6-2-3-6/h4,6H,2-3,5H2,1H3,(H,10,12). The molecule has 0 unspecified atom stereocenters.